The molecular formula is C28H26F3N3O. The Labute approximate surface area is 201 Å². The van der Waals surface area contributed by atoms with Crippen LogP contribution in [-0.2, 0) is 16.4 Å². The number of fused-ring (bicyclic) bond motifs is 1. The number of nitrogens with zero attached hydrogens (tertiary/aromatic N) is 1. The molecule has 1 amide bonds. The Morgan fingerprint density at radius 1 is 0.943 bits per heavy atom. The van der Waals surface area contributed by atoms with E-state index in [1.807, 2.05) is 18.2 Å². The first-order valence-electron chi connectivity index (χ1n) is 11.2. The van der Waals surface area contributed by atoms with Crippen LogP contribution in [0.3, 0.4) is 0 Å². The number of para-hydroxylation sites is 1. The van der Waals surface area contributed by atoms with Gasteiger partial charge in [0.2, 0.25) is 5.91 Å². The molecule has 4 nitrogen and oxygen atoms in total. The van der Waals surface area contributed by atoms with E-state index in [4.69, 9.17) is 0 Å². The molecule has 4 aromatic rings. The number of H-pyrrole nitrogens is 1. The van der Waals surface area contributed by atoms with E-state index in [2.05, 4.69) is 48.2 Å². The molecule has 0 aliphatic carbocycles. The van der Waals surface area contributed by atoms with Gasteiger partial charge in [0, 0.05) is 18.2 Å². The smallest absolute Gasteiger partial charge is 0.338 e. The molecule has 0 saturated carbocycles. The van der Waals surface area contributed by atoms with Crippen LogP contribution in [0.1, 0.15) is 50.2 Å². The first-order chi connectivity index (χ1) is 16.4. The maximum absolute atomic E-state index is 14.0. The minimum atomic E-state index is -4.59. The average molecular weight is 478 g/mol. The number of carbonyl (C=O) groups excluding carboxylic acids is 1. The molecule has 0 spiro atoms. The number of alkyl halides is 3. The summed E-state index contributed by atoms with van der Waals surface area (Å²) in [6.45, 7) is 7.74. The molecular weight excluding hydrogens is 451 g/mol. The van der Waals surface area contributed by atoms with Crippen molar-refractivity contribution in [2.45, 2.75) is 39.3 Å². The van der Waals surface area contributed by atoms with Gasteiger partial charge >= 0.3 is 6.18 Å². The quantitative estimate of drug-likeness (QED) is 0.317. The number of nitrogens with one attached hydrogen (secondary N) is 2. The zero-order valence-corrected chi connectivity index (χ0v) is 19.9. The lowest BCUT2D eigenvalue weighted by Crippen LogP contribution is -2.10. The van der Waals surface area contributed by atoms with Gasteiger partial charge in [-0.05, 0) is 46.4 Å². The zero-order valence-electron chi connectivity index (χ0n) is 19.9. The summed E-state index contributed by atoms with van der Waals surface area (Å²) in [6, 6.07) is 17.0. The second-order valence-electron chi connectivity index (χ2n) is 9.47. The van der Waals surface area contributed by atoms with Gasteiger partial charge in [-0.2, -0.15) is 13.2 Å². The van der Waals surface area contributed by atoms with Crippen LogP contribution in [0.5, 0.6) is 0 Å². The Kier molecular flexibility index (Phi) is 6.28. The van der Waals surface area contributed by atoms with Crippen molar-refractivity contribution in [2.24, 2.45) is 0 Å². The predicted molar refractivity (Wildman–Crippen MR) is 135 cm³/mol. The number of benzene rings is 3. The highest BCUT2D eigenvalue weighted by atomic mass is 19.4. The van der Waals surface area contributed by atoms with Gasteiger partial charge in [0.05, 0.1) is 16.6 Å². The monoisotopic (exact) mass is 477 g/mol. The normalized spacial score (nSPS) is 12.4. The number of imidazole rings is 1. The fourth-order valence-corrected chi connectivity index (χ4v) is 3.90. The fourth-order valence-electron chi connectivity index (χ4n) is 3.90. The van der Waals surface area contributed by atoms with Gasteiger partial charge in [0.1, 0.15) is 5.82 Å². The van der Waals surface area contributed by atoms with Crippen molar-refractivity contribution >= 4 is 34.8 Å². The zero-order chi connectivity index (χ0) is 25.4. The topological polar surface area (TPSA) is 57.8 Å². The number of anilines is 1. The van der Waals surface area contributed by atoms with Crippen LogP contribution in [0.4, 0.5) is 18.9 Å². The summed E-state index contributed by atoms with van der Waals surface area (Å²) in [7, 11) is 0. The highest BCUT2D eigenvalue weighted by molar-refractivity contribution is 5.96. The Morgan fingerprint density at radius 3 is 2.26 bits per heavy atom. The summed E-state index contributed by atoms with van der Waals surface area (Å²) < 4.78 is 42.0. The Hall–Kier alpha value is -3.87. The van der Waals surface area contributed by atoms with Gasteiger partial charge in [0.15, 0.2) is 0 Å². The fraction of sp³-hybridized carbons (Fsp3) is 0.214. The van der Waals surface area contributed by atoms with Crippen LogP contribution in [0.2, 0.25) is 0 Å². The Bertz CT molecular complexity index is 1410. The van der Waals surface area contributed by atoms with Crippen molar-refractivity contribution in [2.75, 3.05) is 5.32 Å². The summed E-state index contributed by atoms with van der Waals surface area (Å²) in [5.74, 6) is 0.0788. The summed E-state index contributed by atoms with van der Waals surface area (Å²) in [5, 5.41) is 2.61. The molecule has 4 rings (SSSR count). The summed E-state index contributed by atoms with van der Waals surface area (Å²) >= 11 is 0. The maximum atomic E-state index is 14.0. The van der Waals surface area contributed by atoms with E-state index in [1.165, 1.54) is 18.6 Å². The third-order valence-corrected chi connectivity index (χ3v) is 5.68. The molecule has 35 heavy (non-hydrogen) atoms. The lowest BCUT2D eigenvalue weighted by molar-refractivity contribution is -0.137. The average Bonchev–Trinajstić information content (AvgIpc) is 3.18. The molecule has 180 valence electrons. The van der Waals surface area contributed by atoms with Crippen LogP contribution in [0.25, 0.3) is 34.3 Å². The second-order valence-corrected chi connectivity index (χ2v) is 9.47. The molecule has 2 N–H and O–H groups in total. The number of rotatable bonds is 4. The number of hydrogen-bond acceptors (Lipinski definition) is 2. The predicted octanol–water partition coefficient (Wildman–Crippen LogP) is 7.68. The molecule has 3 aromatic carbocycles. The van der Waals surface area contributed by atoms with Gasteiger partial charge in [-0.1, -0.05) is 69.3 Å². The molecule has 7 heteroatoms. The lowest BCUT2D eigenvalue weighted by Gasteiger charge is -2.18. The number of amides is 1. The van der Waals surface area contributed by atoms with Crippen molar-refractivity contribution in [1.82, 2.24) is 9.97 Å². The number of aromatic nitrogens is 2. The van der Waals surface area contributed by atoms with Crippen molar-refractivity contribution in [3.63, 3.8) is 0 Å². The number of aromatic amines is 1. The first-order valence-corrected chi connectivity index (χ1v) is 11.2. The molecule has 0 atom stereocenters. The van der Waals surface area contributed by atoms with Crippen LogP contribution >= 0.6 is 0 Å². The molecule has 0 saturated heterocycles. The summed E-state index contributed by atoms with van der Waals surface area (Å²) in [5.41, 5.74) is 2.62. The molecule has 1 aromatic heterocycles. The minimum Gasteiger partial charge on any atom is -0.338 e. The highest BCUT2D eigenvalue weighted by Crippen LogP contribution is 2.41. The van der Waals surface area contributed by atoms with E-state index < -0.39 is 11.7 Å². The van der Waals surface area contributed by atoms with Gasteiger partial charge in [-0.3, -0.25) is 4.79 Å². The Morgan fingerprint density at radius 2 is 1.63 bits per heavy atom. The standard InChI is InChI=1S/C28H26F3N3O/c1-17(35)32-23-8-6-5-7-20(23)21-15-24-25(16-22(21)28(29,30)31)34-26(33-24)14-11-18-9-12-19(13-10-18)27(2,3)4/h5-16H,1-4H3,(H,32,35)(H,33,34)/b14-11+. The second kappa shape index (κ2) is 9.06. The van der Waals surface area contributed by atoms with Crippen molar-refractivity contribution in [1.29, 1.82) is 0 Å². The molecule has 0 unspecified atom stereocenters. The first kappa shape index (κ1) is 24.3. The maximum Gasteiger partial charge on any atom is 0.417 e. The molecule has 0 bridgehead atoms. The van der Waals surface area contributed by atoms with Gasteiger partial charge < -0.3 is 10.3 Å². The van der Waals surface area contributed by atoms with E-state index in [1.54, 1.807) is 30.3 Å². The third-order valence-electron chi connectivity index (χ3n) is 5.68. The number of halogens is 3. The number of carbonyl (C=O) groups is 1. The van der Waals surface area contributed by atoms with Crippen molar-refractivity contribution < 1.29 is 18.0 Å². The molecule has 0 radical (unpaired) electrons. The third kappa shape index (κ3) is 5.45. The number of hydrogen-bond donors (Lipinski definition) is 2. The molecule has 1 heterocycles. The van der Waals surface area contributed by atoms with Crippen molar-refractivity contribution in [3.8, 4) is 11.1 Å². The van der Waals surface area contributed by atoms with E-state index in [-0.39, 0.29) is 28.0 Å². The summed E-state index contributed by atoms with van der Waals surface area (Å²) in [4.78, 5) is 19.1. The van der Waals surface area contributed by atoms with E-state index in [9.17, 15) is 18.0 Å². The Balaban J connectivity index is 1.75. The van der Waals surface area contributed by atoms with Gasteiger partial charge in [-0.15, -0.1) is 0 Å². The van der Waals surface area contributed by atoms with Crippen LogP contribution < -0.4 is 5.32 Å². The van der Waals surface area contributed by atoms with Crippen molar-refractivity contribution in [3.05, 3.63) is 83.2 Å². The van der Waals surface area contributed by atoms with Crippen LogP contribution in [-0.4, -0.2) is 15.9 Å². The minimum absolute atomic E-state index is 0.0471. The molecule has 0 aliphatic rings. The van der Waals surface area contributed by atoms with E-state index in [0.29, 0.717) is 17.0 Å². The van der Waals surface area contributed by atoms with Crippen LogP contribution in [0, 0.1) is 0 Å². The lowest BCUT2D eigenvalue weighted by atomic mass is 9.87. The summed E-state index contributed by atoms with van der Waals surface area (Å²) in [6.07, 6.45) is -0.991. The molecule has 0 aliphatic heterocycles. The largest absolute Gasteiger partial charge is 0.417 e. The molecule has 0 fully saturated rings. The van der Waals surface area contributed by atoms with Crippen LogP contribution in [0.15, 0.2) is 60.7 Å². The van der Waals surface area contributed by atoms with E-state index >= 15 is 0 Å². The van der Waals surface area contributed by atoms with Gasteiger partial charge in [-0.25, -0.2) is 4.98 Å². The van der Waals surface area contributed by atoms with Gasteiger partial charge in [0.25, 0.3) is 0 Å². The van der Waals surface area contributed by atoms with E-state index in [0.717, 1.165) is 11.6 Å². The highest BCUT2D eigenvalue weighted by Gasteiger charge is 2.35. The SMILES string of the molecule is CC(=O)Nc1ccccc1-c1cc2nc(/C=C/c3ccc(C(C)(C)C)cc3)[nH]c2cc1C(F)(F)F.